The van der Waals surface area contributed by atoms with Crippen LogP contribution in [0.5, 0.6) is 0 Å². The second-order valence-corrected chi connectivity index (χ2v) is 6.75. The van der Waals surface area contributed by atoms with Gasteiger partial charge in [-0.25, -0.2) is 9.97 Å². The molecule has 4 rings (SSSR count). The van der Waals surface area contributed by atoms with Crippen LogP contribution in [0.3, 0.4) is 0 Å². The second-order valence-electron chi connectivity index (χ2n) is 6.75. The number of rotatable bonds is 1. The van der Waals surface area contributed by atoms with Crippen LogP contribution in [-0.4, -0.2) is 9.97 Å². The van der Waals surface area contributed by atoms with Crippen molar-refractivity contribution in [2.24, 2.45) is 10.8 Å². The first-order chi connectivity index (χ1) is 7.91. The first kappa shape index (κ1) is 10.7. The first-order valence-corrected chi connectivity index (χ1v) is 6.14. The Morgan fingerprint density at radius 1 is 1.18 bits per heavy atom. The summed E-state index contributed by atoms with van der Waals surface area (Å²) in [5.41, 5.74) is 2.51. The Morgan fingerprint density at radius 3 is 2.12 bits per heavy atom. The van der Waals surface area contributed by atoms with Crippen LogP contribution in [-0.2, 0) is 5.41 Å². The summed E-state index contributed by atoms with van der Waals surface area (Å²) in [7, 11) is 0. The predicted octanol–water partition coefficient (Wildman–Crippen LogP) is 2.82. The summed E-state index contributed by atoms with van der Waals surface area (Å²) in [5, 5.41) is 8.69. The van der Waals surface area contributed by atoms with Crippen LogP contribution in [0.4, 0.5) is 0 Å². The summed E-state index contributed by atoms with van der Waals surface area (Å²) >= 11 is 0. The molecule has 0 amide bonds. The normalized spacial score (nSPS) is 34.5. The van der Waals surface area contributed by atoms with E-state index in [-0.39, 0.29) is 5.82 Å². The molecule has 3 nitrogen and oxygen atoms in total. The fraction of sp³-hybridized carbons (Fsp3) is 0.643. The van der Waals surface area contributed by atoms with Crippen molar-refractivity contribution in [3.8, 4) is 6.07 Å². The molecule has 17 heavy (non-hydrogen) atoms. The summed E-state index contributed by atoms with van der Waals surface area (Å²) in [6.07, 6.45) is 7.48. The van der Waals surface area contributed by atoms with Gasteiger partial charge >= 0.3 is 0 Å². The zero-order valence-corrected chi connectivity index (χ0v) is 10.6. The molecule has 3 aliphatic rings. The van der Waals surface area contributed by atoms with Crippen LogP contribution in [0.1, 0.15) is 51.4 Å². The zero-order valence-electron chi connectivity index (χ0n) is 10.6. The van der Waals surface area contributed by atoms with Crippen molar-refractivity contribution in [1.29, 1.82) is 5.26 Å². The quantitative estimate of drug-likeness (QED) is 0.741. The summed E-state index contributed by atoms with van der Waals surface area (Å²) in [4.78, 5) is 8.17. The monoisotopic (exact) mass is 227 g/mol. The van der Waals surface area contributed by atoms with Crippen LogP contribution in [0.15, 0.2) is 12.4 Å². The van der Waals surface area contributed by atoms with Gasteiger partial charge in [-0.1, -0.05) is 20.8 Å². The molecular formula is C14H17N3. The third-order valence-corrected chi connectivity index (χ3v) is 4.99. The Bertz CT molecular complexity index is 482. The molecule has 1 aromatic rings. The van der Waals surface area contributed by atoms with Gasteiger partial charge in [0, 0.05) is 12.4 Å². The van der Waals surface area contributed by atoms with Gasteiger partial charge in [-0.05, 0) is 41.1 Å². The standard InChI is InChI=1S/C14H17N3/c1-12(2,3)14-7-13(8-14,9-14)10-5-16-11(4-15)17-6-10/h5-6H,7-9H2,1-3H3. The smallest absolute Gasteiger partial charge is 0.227 e. The van der Waals surface area contributed by atoms with Crippen LogP contribution in [0.2, 0.25) is 0 Å². The van der Waals surface area contributed by atoms with E-state index in [4.69, 9.17) is 5.26 Å². The minimum atomic E-state index is 0.269. The maximum Gasteiger partial charge on any atom is 0.232 e. The molecule has 0 aliphatic heterocycles. The van der Waals surface area contributed by atoms with Gasteiger partial charge in [0.05, 0.1) is 0 Å². The third-order valence-electron chi connectivity index (χ3n) is 4.99. The number of hydrogen-bond acceptors (Lipinski definition) is 3. The summed E-state index contributed by atoms with van der Waals surface area (Å²) in [6.45, 7) is 7.02. The average Bonchev–Trinajstić information content (AvgIpc) is 2.12. The van der Waals surface area contributed by atoms with Gasteiger partial charge < -0.3 is 0 Å². The molecule has 0 N–H and O–H groups in total. The van der Waals surface area contributed by atoms with Crippen molar-refractivity contribution < 1.29 is 0 Å². The fourth-order valence-electron chi connectivity index (χ4n) is 3.55. The molecule has 0 radical (unpaired) electrons. The van der Waals surface area contributed by atoms with E-state index in [2.05, 4.69) is 30.7 Å². The molecule has 3 heteroatoms. The molecule has 3 saturated carbocycles. The number of aromatic nitrogens is 2. The van der Waals surface area contributed by atoms with Gasteiger partial charge in [0.1, 0.15) is 6.07 Å². The Balaban J connectivity index is 1.80. The van der Waals surface area contributed by atoms with Crippen molar-refractivity contribution >= 4 is 0 Å². The number of hydrogen-bond donors (Lipinski definition) is 0. The van der Waals surface area contributed by atoms with Gasteiger partial charge in [0.15, 0.2) is 0 Å². The van der Waals surface area contributed by atoms with Crippen molar-refractivity contribution in [3.05, 3.63) is 23.8 Å². The highest BCUT2D eigenvalue weighted by atomic mass is 14.9. The van der Waals surface area contributed by atoms with E-state index in [9.17, 15) is 0 Å². The molecule has 0 aromatic carbocycles. The van der Waals surface area contributed by atoms with E-state index in [0.29, 0.717) is 16.2 Å². The molecular weight excluding hydrogens is 210 g/mol. The summed E-state index contributed by atoms with van der Waals surface area (Å²) in [6, 6.07) is 1.96. The topological polar surface area (TPSA) is 49.6 Å². The third kappa shape index (κ3) is 1.21. The lowest BCUT2D eigenvalue weighted by molar-refractivity contribution is -0.208. The molecule has 0 unspecified atom stereocenters. The minimum absolute atomic E-state index is 0.269. The highest BCUT2D eigenvalue weighted by Gasteiger charge is 2.71. The highest BCUT2D eigenvalue weighted by Crippen LogP contribution is 2.79. The van der Waals surface area contributed by atoms with Crippen molar-refractivity contribution in [1.82, 2.24) is 9.97 Å². The largest absolute Gasteiger partial charge is 0.232 e. The lowest BCUT2D eigenvalue weighted by Crippen LogP contribution is -2.69. The molecule has 2 bridgehead atoms. The molecule has 0 saturated heterocycles. The lowest BCUT2D eigenvalue weighted by Gasteiger charge is -2.76. The van der Waals surface area contributed by atoms with E-state index in [0.717, 1.165) is 0 Å². The predicted molar refractivity (Wildman–Crippen MR) is 64.2 cm³/mol. The second kappa shape index (κ2) is 2.87. The highest BCUT2D eigenvalue weighted by molar-refractivity contribution is 5.38. The fourth-order valence-corrected chi connectivity index (χ4v) is 3.55. The summed E-state index contributed by atoms with van der Waals surface area (Å²) < 4.78 is 0. The van der Waals surface area contributed by atoms with Crippen LogP contribution >= 0.6 is 0 Å². The van der Waals surface area contributed by atoms with Gasteiger partial charge in [0.25, 0.3) is 0 Å². The van der Waals surface area contributed by atoms with Gasteiger partial charge in [-0.15, -0.1) is 0 Å². The first-order valence-electron chi connectivity index (χ1n) is 6.14. The Hall–Kier alpha value is -1.43. The molecule has 88 valence electrons. The van der Waals surface area contributed by atoms with Crippen LogP contribution in [0, 0.1) is 22.2 Å². The van der Waals surface area contributed by atoms with E-state index in [1.54, 1.807) is 0 Å². The van der Waals surface area contributed by atoms with Crippen molar-refractivity contribution in [2.75, 3.05) is 0 Å². The number of nitriles is 1. The molecule has 3 aliphatic carbocycles. The molecule has 1 aromatic heterocycles. The molecule has 1 heterocycles. The average molecular weight is 227 g/mol. The summed E-state index contributed by atoms with van der Waals surface area (Å²) in [5.74, 6) is 0.269. The SMILES string of the molecule is CC(C)(C)C12CC(c3cnc(C#N)nc3)(C1)C2. The molecule has 0 atom stereocenters. The maximum atomic E-state index is 8.69. The van der Waals surface area contributed by atoms with Crippen LogP contribution in [0.25, 0.3) is 0 Å². The van der Waals surface area contributed by atoms with Gasteiger partial charge in [-0.3, -0.25) is 0 Å². The zero-order chi connectivity index (χ0) is 12.3. The maximum absolute atomic E-state index is 8.69. The van der Waals surface area contributed by atoms with E-state index in [1.807, 2.05) is 18.5 Å². The lowest BCUT2D eigenvalue weighted by atomic mass is 9.28. The van der Waals surface area contributed by atoms with E-state index >= 15 is 0 Å². The van der Waals surface area contributed by atoms with Gasteiger partial charge in [-0.2, -0.15) is 5.26 Å². The number of nitrogens with zero attached hydrogens (tertiary/aromatic N) is 3. The van der Waals surface area contributed by atoms with E-state index in [1.165, 1.54) is 24.8 Å². The van der Waals surface area contributed by atoms with Crippen LogP contribution < -0.4 is 0 Å². The molecule has 0 spiro atoms. The Labute approximate surface area is 102 Å². The van der Waals surface area contributed by atoms with Gasteiger partial charge in [0.2, 0.25) is 5.82 Å². The van der Waals surface area contributed by atoms with Crippen molar-refractivity contribution in [3.63, 3.8) is 0 Å². The Kier molecular flexibility index (Phi) is 1.81. The minimum Gasteiger partial charge on any atom is -0.227 e. The van der Waals surface area contributed by atoms with Crippen molar-refractivity contribution in [2.45, 2.75) is 45.4 Å². The molecule has 3 fully saturated rings. The Morgan fingerprint density at radius 2 is 1.71 bits per heavy atom. The van der Waals surface area contributed by atoms with E-state index < -0.39 is 0 Å².